The van der Waals surface area contributed by atoms with Gasteiger partial charge < -0.3 is 14.5 Å². The van der Waals surface area contributed by atoms with Crippen LogP contribution in [0.15, 0.2) is 47.0 Å². The van der Waals surface area contributed by atoms with Crippen LogP contribution in [0.4, 0.5) is 0 Å². The van der Waals surface area contributed by atoms with Crippen molar-refractivity contribution < 1.29 is 19.2 Å². The second-order valence-corrected chi connectivity index (χ2v) is 8.85. The van der Waals surface area contributed by atoms with Gasteiger partial charge in [-0.2, -0.15) is 4.98 Å². The van der Waals surface area contributed by atoms with Crippen LogP contribution < -0.4 is 0 Å². The molecule has 2 aromatic carbocycles. The molecule has 9 heteroatoms. The largest absolute Gasteiger partial charge is 0.505 e. The van der Waals surface area contributed by atoms with Gasteiger partial charge in [0.15, 0.2) is 11.5 Å². The first-order valence-corrected chi connectivity index (χ1v) is 10.2. The molecule has 0 bridgehead atoms. The molecule has 1 heterocycles. The normalized spacial score (nSPS) is 11.4. The second kappa shape index (κ2) is 9.08. The standard InChI is InChI=1S/C22H21Cl2N3O4/c1-22(2,3)17(28)12-27(11-13-7-5-4-6-8-13)21(30)20-25-19(26-31-20)14-9-15(23)18(29)16(24)10-14/h4-10,29H,11-12H2,1-3H3. The number of nitrogens with zero attached hydrogens (tertiary/aromatic N) is 3. The van der Waals surface area contributed by atoms with Crippen LogP contribution in [-0.2, 0) is 11.3 Å². The van der Waals surface area contributed by atoms with E-state index in [4.69, 9.17) is 27.7 Å². The SMILES string of the molecule is CC(C)(C)C(=O)CN(Cc1ccccc1)C(=O)c1nc(-c2cc(Cl)c(O)c(Cl)c2)no1. The summed E-state index contributed by atoms with van der Waals surface area (Å²) in [4.78, 5) is 31.3. The maximum absolute atomic E-state index is 13.1. The van der Waals surface area contributed by atoms with Crippen LogP contribution in [0.1, 0.15) is 37.0 Å². The van der Waals surface area contributed by atoms with Gasteiger partial charge >= 0.3 is 11.8 Å². The van der Waals surface area contributed by atoms with Crippen LogP contribution in [0.3, 0.4) is 0 Å². The second-order valence-electron chi connectivity index (χ2n) is 8.03. The van der Waals surface area contributed by atoms with Gasteiger partial charge in [0, 0.05) is 17.5 Å². The van der Waals surface area contributed by atoms with E-state index < -0.39 is 11.3 Å². The summed E-state index contributed by atoms with van der Waals surface area (Å²) >= 11 is 11.9. The van der Waals surface area contributed by atoms with Crippen LogP contribution in [0, 0.1) is 5.41 Å². The van der Waals surface area contributed by atoms with Crippen molar-refractivity contribution in [2.75, 3.05) is 6.54 Å². The Morgan fingerprint density at radius 2 is 1.71 bits per heavy atom. The van der Waals surface area contributed by atoms with Gasteiger partial charge in [-0.1, -0.05) is 79.5 Å². The number of hydrogen-bond donors (Lipinski definition) is 1. The van der Waals surface area contributed by atoms with Crippen molar-refractivity contribution in [2.24, 2.45) is 5.41 Å². The number of rotatable bonds is 6. The molecule has 0 aliphatic heterocycles. The summed E-state index contributed by atoms with van der Waals surface area (Å²) < 4.78 is 5.16. The molecule has 3 aromatic rings. The lowest BCUT2D eigenvalue weighted by Crippen LogP contribution is -2.39. The Morgan fingerprint density at radius 3 is 2.29 bits per heavy atom. The van der Waals surface area contributed by atoms with E-state index in [1.807, 2.05) is 30.3 Å². The molecule has 1 N–H and O–H groups in total. The molecule has 0 radical (unpaired) electrons. The Kier molecular flexibility index (Phi) is 6.67. The van der Waals surface area contributed by atoms with E-state index in [2.05, 4.69) is 10.1 Å². The molecule has 3 rings (SSSR count). The van der Waals surface area contributed by atoms with Crippen LogP contribution in [0.25, 0.3) is 11.4 Å². The number of halogens is 2. The van der Waals surface area contributed by atoms with Gasteiger partial charge in [-0.25, -0.2) is 0 Å². The molecule has 0 fully saturated rings. The summed E-state index contributed by atoms with van der Waals surface area (Å²) in [5, 5.41) is 13.6. The van der Waals surface area contributed by atoms with Gasteiger partial charge in [-0.15, -0.1) is 0 Å². The molecule has 7 nitrogen and oxygen atoms in total. The van der Waals surface area contributed by atoms with Crippen LogP contribution >= 0.6 is 23.2 Å². The molecule has 0 spiro atoms. The number of phenols is 1. The zero-order chi connectivity index (χ0) is 22.8. The molecule has 162 valence electrons. The van der Waals surface area contributed by atoms with Gasteiger partial charge in [0.1, 0.15) is 0 Å². The van der Waals surface area contributed by atoms with Crippen molar-refractivity contribution in [3.05, 3.63) is 64.0 Å². The molecule has 0 atom stereocenters. The monoisotopic (exact) mass is 461 g/mol. The highest BCUT2D eigenvalue weighted by atomic mass is 35.5. The minimum Gasteiger partial charge on any atom is -0.505 e. The van der Waals surface area contributed by atoms with E-state index >= 15 is 0 Å². The Balaban J connectivity index is 1.90. The lowest BCUT2D eigenvalue weighted by molar-refractivity contribution is -0.127. The average molecular weight is 462 g/mol. The summed E-state index contributed by atoms with van der Waals surface area (Å²) in [5.74, 6) is -1.13. The molecule has 1 aromatic heterocycles. The minimum atomic E-state index is -0.616. The maximum atomic E-state index is 13.1. The summed E-state index contributed by atoms with van der Waals surface area (Å²) in [5.41, 5.74) is 0.611. The number of aromatic hydroxyl groups is 1. The fourth-order valence-corrected chi connectivity index (χ4v) is 3.16. The van der Waals surface area contributed by atoms with Crippen molar-refractivity contribution >= 4 is 34.9 Å². The Morgan fingerprint density at radius 1 is 1.10 bits per heavy atom. The number of hydrogen-bond acceptors (Lipinski definition) is 6. The van der Waals surface area contributed by atoms with Gasteiger partial charge in [-0.3, -0.25) is 9.59 Å². The first kappa shape index (κ1) is 22.8. The molecule has 0 saturated carbocycles. The van der Waals surface area contributed by atoms with Crippen molar-refractivity contribution in [2.45, 2.75) is 27.3 Å². The molecule has 0 aliphatic carbocycles. The molecule has 0 unspecified atom stereocenters. The number of phenolic OH excluding ortho intramolecular Hbond substituents is 1. The summed E-state index contributed by atoms with van der Waals surface area (Å²) in [6, 6.07) is 12.1. The zero-order valence-corrected chi connectivity index (χ0v) is 18.7. The van der Waals surface area contributed by atoms with Crippen LogP contribution in [-0.4, -0.2) is 38.4 Å². The van der Waals surface area contributed by atoms with Crippen LogP contribution in [0.2, 0.25) is 10.0 Å². The van der Waals surface area contributed by atoms with Crippen molar-refractivity contribution in [3.8, 4) is 17.1 Å². The lowest BCUT2D eigenvalue weighted by Gasteiger charge is -2.25. The highest BCUT2D eigenvalue weighted by molar-refractivity contribution is 6.37. The average Bonchev–Trinajstić information content (AvgIpc) is 3.21. The van der Waals surface area contributed by atoms with Gasteiger partial charge in [0.2, 0.25) is 5.82 Å². The quantitative estimate of drug-likeness (QED) is 0.554. The Bertz CT molecular complexity index is 1080. The van der Waals surface area contributed by atoms with Crippen LogP contribution in [0.5, 0.6) is 5.75 Å². The van der Waals surface area contributed by atoms with E-state index in [9.17, 15) is 14.7 Å². The van der Waals surface area contributed by atoms with Crippen molar-refractivity contribution in [3.63, 3.8) is 0 Å². The first-order chi connectivity index (χ1) is 14.6. The predicted octanol–water partition coefficient (Wildman–Crippen LogP) is 5.01. The van der Waals surface area contributed by atoms with Gasteiger partial charge in [-0.05, 0) is 17.7 Å². The minimum absolute atomic E-state index is 0.0154. The van der Waals surface area contributed by atoms with E-state index in [0.29, 0.717) is 5.56 Å². The topological polar surface area (TPSA) is 96.5 Å². The number of carbonyl (C=O) groups is 2. The highest BCUT2D eigenvalue weighted by Gasteiger charge is 2.29. The van der Waals surface area contributed by atoms with Gasteiger partial charge in [0.05, 0.1) is 16.6 Å². The number of carbonyl (C=O) groups excluding carboxylic acids is 2. The number of ketones is 1. The lowest BCUT2D eigenvalue weighted by atomic mass is 9.90. The smallest absolute Gasteiger partial charge is 0.316 e. The van der Waals surface area contributed by atoms with E-state index in [0.717, 1.165) is 5.56 Å². The number of amides is 1. The zero-order valence-electron chi connectivity index (χ0n) is 17.2. The summed E-state index contributed by atoms with van der Waals surface area (Å²) in [6.45, 7) is 5.48. The Labute approximate surface area is 189 Å². The summed E-state index contributed by atoms with van der Waals surface area (Å²) in [7, 11) is 0. The van der Waals surface area contributed by atoms with E-state index in [1.54, 1.807) is 20.8 Å². The van der Waals surface area contributed by atoms with Crippen molar-refractivity contribution in [1.82, 2.24) is 15.0 Å². The third kappa shape index (κ3) is 5.42. The maximum Gasteiger partial charge on any atom is 0.316 e. The molecular formula is C22H21Cl2N3O4. The molecule has 0 aliphatic rings. The van der Waals surface area contributed by atoms with Crippen molar-refractivity contribution in [1.29, 1.82) is 0 Å². The predicted molar refractivity (Wildman–Crippen MR) is 117 cm³/mol. The fourth-order valence-electron chi connectivity index (χ4n) is 2.67. The first-order valence-electron chi connectivity index (χ1n) is 9.45. The molecule has 0 saturated heterocycles. The molecule has 31 heavy (non-hydrogen) atoms. The number of aromatic nitrogens is 2. The third-order valence-corrected chi connectivity index (χ3v) is 5.13. The van der Waals surface area contributed by atoms with E-state index in [1.165, 1.54) is 17.0 Å². The number of Topliss-reactive ketones (excluding diaryl/α,β-unsaturated/α-hetero) is 1. The highest BCUT2D eigenvalue weighted by Crippen LogP contribution is 2.35. The molecular weight excluding hydrogens is 441 g/mol. The van der Waals surface area contributed by atoms with Gasteiger partial charge in [0.25, 0.3) is 0 Å². The summed E-state index contributed by atoms with van der Waals surface area (Å²) in [6.07, 6.45) is 0. The third-order valence-electron chi connectivity index (χ3n) is 4.56. The van der Waals surface area contributed by atoms with E-state index in [-0.39, 0.29) is 46.4 Å². The fraction of sp³-hybridized carbons (Fsp3) is 0.273. The molecule has 1 amide bonds. The number of benzene rings is 2. The Hall–Kier alpha value is -2.90.